The van der Waals surface area contributed by atoms with Crippen LogP contribution in [-0.2, 0) is 0 Å². The summed E-state index contributed by atoms with van der Waals surface area (Å²) in [6.07, 6.45) is 4.46. The van der Waals surface area contributed by atoms with Gasteiger partial charge in [0.15, 0.2) is 23.3 Å². The van der Waals surface area contributed by atoms with Crippen LogP contribution in [0.3, 0.4) is 0 Å². The Kier molecular flexibility index (Phi) is 6.80. The van der Waals surface area contributed by atoms with E-state index in [9.17, 15) is 17.6 Å². The van der Waals surface area contributed by atoms with Crippen LogP contribution in [0.2, 0.25) is 0 Å². The average molecular weight is 354 g/mol. The first-order valence-electron chi connectivity index (χ1n) is 7.88. The minimum atomic E-state index is -1.54. The van der Waals surface area contributed by atoms with E-state index in [2.05, 4.69) is 12.0 Å². The molecule has 2 aromatic rings. The van der Waals surface area contributed by atoms with Gasteiger partial charge in [0.1, 0.15) is 11.4 Å². The van der Waals surface area contributed by atoms with Crippen molar-refractivity contribution >= 4 is 11.9 Å². The van der Waals surface area contributed by atoms with Gasteiger partial charge in [-0.15, -0.1) is 0 Å². The Labute approximate surface area is 143 Å². The van der Waals surface area contributed by atoms with Crippen LogP contribution in [0.25, 0.3) is 0 Å². The molecule has 134 valence electrons. The van der Waals surface area contributed by atoms with Crippen molar-refractivity contribution in [1.82, 2.24) is 0 Å². The van der Waals surface area contributed by atoms with Gasteiger partial charge in [0.2, 0.25) is 0 Å². The second kappa shape index (κ2) is 9.05. The number of ether oxygens (including phenoxy) is 1. The number of unbranched alkanes of at least 4 members (excludes halogenated alkanes) is 2. The van der Waals surface area contributed by atoms with Crippen LogP contribution in [0.5, 0.6) is 5.75 Å². The van der Waals surface area contributed by atoms with Crippen LogP contribution in [0.1, 0.15) is 31.7 Å². The molecule has 7 heteroatoms. The highest BCUT2D eigenvalue weighted by molar-refractivity contribution is 5.80. The summed E-state index contributed by atoms with van der Waals surface area (Å²) in [5.74, 6) is -5.37. The van der Waals surface area contributed by atoms with E-state index in [1.54, 1.807) is 24.3 Å². The minimum Gasteiger partial charge on any atom is -0.494 e. The van der Waals surface area contributed by atoms with E-state index in [-0.39, 0.29) is 6.07 Å². The van der Waals surface area contributed by atoms with Crippen molar-refractivity contribution in [3.8, 4) is 5.75 Å². The van der Waals surface area contributed by atoms with Crippen molar-refractivity contribution in [3.63, 3.8) is 0 Å². The fourth-order valence-electron chi connectivity index (χ4n) is 2.03. The van der Waals surface area contributed by atoms with Gasteiger partial charge in [-0.3, -0.25) is 5.43 Å². The topological polar surface area (TPSA) is 33.6 Å². The molecule has 0 aliphatic carbocycles. The number of halogens is 4. The van der Waals surface area contributed by atoms with E-state index in [1.165, 1.54) is 6.21 Å². The summed E-state index contributed by atoms with van der Waals surface area (Å²) < 4.78 is 58.6. The first-order valence-corrected chi connectivity index (χ1v) is 7.88. The third-order valence-corrected chi connectivity index (χ3v) is 3.40. The fraction of sp³-hybridized carbons (Fsp3) is 0.278. The lowest BCUT2D eigenvalue weighted by atomic mass is 10.2. The zero-order valence-electron chi connectivity index (χ0n) is 13.7. The van der Waals surface area contributed by atoms with Crippen molar-refractivity contribution < 1.29 is 22.3 Å². The van der Waals surface area contributed by atoms with Crippen molar-refractivity contribution in [1.29, 1.82) is 0 Å². The summed E-state index contributed by atoms with van der Waals surface area (Å²) in [5.41, 5.74) is 1.62. The molecule has 0 bridgehead atoms. The number of hydrazone groups is 1. The zero-order valence-corrected chi connectivity index (χ0v) is 13.7. The fourth-order valence-corrected chi connectivity index (χ4v) is 2.03. The van der Waals surface area contributed by atoms with Gasteiger partial charge in [-0.25, -0.2) is 17.6 Å². The maximum Gasteiger partial charge on any atom is 0.186 e. The minimum absolute atomic E-state index is 0.138. The van der Waals surface area contributed by atoms with E-state index in [4.69, 9.17) is 4.74 Å². The standard InChI is InChI=1S/C18H18F4N2O/c1-2-3-4-9-25-13-7-5-12(6-8-13)11-23-24-18-16(21)14(19)10-15(20)17(18)22/h5-8,10-11,24H,2-4,9H2,1H3. The molecule has 0 radical (unpaired) electrons. The lowest BCUT2D eigenvalue weighted by molar-refractivity contribution is 0.306. The molecule has 2 rings (SSSR count). The lowest BCUT2D eigenvalue weighted by Gasteiger charge is -2.06. The molecule has 0 fully saturated rings. The molecule has 0 aliphatic rings. The van der Waals surface area contributed by atoms with Crippen LogP contribution < -0.4 is 10.2 Å². The highest BCUT2D eigenvalue weighted by Gasteiger charge is 2.18. The van der Waals surface area contributed by atoms with Crippen LogP contribution in [-0.4, -0.2) is 12.8 Å². The average Bonchev–Trinajstić information content (AvgIpc) is 2.61. The predicted molar refractivity (Wildman–Crippen MR) is 89.0 cm³/mol. The van der Waals surface area contributed by atoms with Crippen molar-refractivity contribution in [2.24, 2.45) is 5.10 Å². The van der Waals surface area contributed by atoms with E-state index in [0.717, 1.165) is 19.3 Å². The first kappa shape index (κ1) is 18.8. The van der Waals surface area contributed by atoms with E-state index < -0.39 is 29.0 Å². The largest absolute Gasteiger partial charge is 0.494 e. The number of anilines is 1. The summed E-state index contributed by atoms with van der Waals surface area (Å²) >= 11 is 0. The van der Waals surface area contributed by atoms with Crippen LogP contribution >= 0.6 is 0 Å². The zero-order chi connectivity index (χ0) is 18.2. The Morgan fingerprint density at radius 3 is 2.24 bits per heavy atom. The van der Waals surface area contributed by atoms with Gasteiger partial charge in [-0.2, -0.15) is 5.10 Å². The molecule has 0 spiro atoms. The second-order valence-corrected chi connectivity index (χ2v) is 5.34. The summed E-state index contributed by atoms with van der Waals surface area (Å²) in [6, 6.07) is 6.99. The van der Waals surface area contributed by atoms with E-state index >= 15 is 0 Å². The summed E-state index contributed by atoms with van der Waals surface area (Å²) in [7, 11) is 0. The number of hydrogen-bond acceptors (Lipinski definition) is 3. The number of hydrogen-bond donors (Lipinski definition) is 1. The molecule has 0 saturated carbocycles. The van der Waals surface area contributed by atoms with Gasteiger partial charge in [-0.1, -0.05) is 19.8 Å². The molecule has 1 N–H and O–H groups in total. The number of benzene rings is 2. The highest BCUT2D eigenvalue weighted by atomic mass is 19.2. The molecule has 3 nitrogen and oxygen atoms in total. The summed E-state index contributed by atoms with van der Waals surface area (Å²) in [6.45, 7) is 2.74. The maximum atomic E-state index is 13.5. The molecule has 2 aromatic carbocycles. The van der Waals surface area contributed by atoms with Crippen LogP contribution in [0.4, 0.5) is 23.2 Å². The van der Waals surface area contributed by atoms with Gasteiger partial charge in [0.05, 0.1) is 12.8 Å². The molecular formula is C18H18F4N2O. The smallest absolute Gasteiger partial charge is 0.186 e. The Balaban J connectivity index is 1.97. The van der Waals surface area contributed by atoms with E-state index in [0.29, 0.717) is 17.9 Å². The molecular weight excluding hydrogens is 336 g/mol. The normalized spacial score (nSPS) is 11.1. The Morgan fingerprint density at radius 1 is 1.00 bits per heavy atom. The molecule has 0 atom stereocenters. The predicted octanol–water partition coefficient (Wildman–Crippen LogP) is 5.26. The van der Waals surface area contributed by atoms with Crippen LogP contribution in [0, 0.1) is 23.3 Å². The molecule has 0 heterocycles. The van der Waals surface area contributed by atoms with Crippen molar-refractivity contribution in [2.75, 3.05) is 12.0 Å². The van der Waals surface area contributed by atoms with Gasteiger partial charge in [0.25, 0.3) is 0 Å². The highest BCUT2D eigenvalue weighted by Crippen LogP contribution is 2.24. The molecule has 0 aliphatic heterocycles. The van der Waals surface area contributed by atoms with Crippen LogP contribution in [0.15, 0.2) is 35.4 Å². The molecule has 0 unspecified atom stereocenters. The quantitative estimate of drug-likeness (QED) is 0.231. The monoisotopic (exact) mass is 354 g/mol. The number of nitrogens with one attached hydrogen (secondary N) is 1. The van der Waals surface area contributed by atoms with Crippen molar-refractivity contribution in [3.05, 3.63) is 59.2 Å². The molecule has 0 amide bonds. The molecule has 0 saturated heterocycles. The third-order valence-electron chi connectivity index (χ3n) is 3.40. The Morgan fingerprint density at radius 2 is 1.64 bits per heavy atom. The number of rotatable bonds is 8. The van der Waals surface area contributed by atoms with Crippen molar-refractivity contribution in [2.45, 2.75) is 26.2 Å². The van der Waals surface area contributed by atoms with Gasteiger partial charge in [0, 0.05) is 6.07 Å². The lowest BCUT2D eigenvalue weighted by Crippen LogP contribution is -2.02. The van der Waals surface area contributed by atoms with E-state index in [1.807, 2.05) is 5.43 Å². The Bertz CT molecular complexity index is 707. The maximum absolute atomic E-state index is 13.5. The third kappa shape index (κ3) is 5.20. The van der Waals surface area contributed by atoms with Gasteiger partial charge in [-0.05, 0) is 36.2 Å². The molecule has 0 aromatic heterocycles. The summed E-state index contributed by atoms with van der Waals surface area (Å²) in [4.78, 5) is 0. The first-order chi connectivity index (χ1) is 12.0. The SMILES string of the molecule is CCCCCOc1ccc(C=NNc2c(F)c(F)cc(F)c2F)cc1. The van der Waals surface area contributed by atoms with Gasteiger partial charge < -0.3 is 4.74 Å². The molecule has 25 heavy (non-hydrogen) atoms. The Hall–Kier alpha value is -2.57. The summed E-state index contributed by atoms with van der Waals surface area (Å²) in [5, 5.41) is 3.60. The second-order valence-electron chi connectivity index (χ2n) is 5.34. The number of nitrogens with zero attached hydrogens (tertiary/aromatic N) is 1. The van der Waals surface area contributed by atoms with Gasteiger partial charge >= 0.3 is 0 Å².